The van der Waals surface area contributed by atoms with E-state index in [-0.39, 0.29) is 6.04 Å². The molecule has 0 saturated carbocycles. The first kappa shape index (κ1) is 14.6. The molecule has 0 aliphatic carbocycles. The molecule has 20 heavy (non-hydrogen) atoms. The van der Waals surface area contributed by atoms with Crippen LogP contribution in [0.25, 0.3) is 0 Å². The highest BCUT2D eigenvalue weighted by Crippen LogP contribution is 2.10. The number of carbonyl (C=O) groups is 1. The fourth-order valence-electron chi connectivity index (χ4n) is 2.39. The highest BCUT2D eigenvalue weighted by atomic mass is 16.5. The van der Waals surface area contributed by atoms with Gasteiger partial charge < -0.3 is 20.9 Å². The van der Waals surface area contributed by atoms with Gasteiger partial charge in [-0.1, -0.05) is 0 Å². The van der Waals surface area contributed by atoms with Crippen LogP contribution in [0.1, 0.15) is 6.42 Å². The quantitative estimate of drug-likeness (QED) is 0.657. The van der Waals surface area contributed by atoms with Crippen molar-refractivity contribution in [2.45, 2.75) is 25.1 Å². The number of methoxy groups -OCH3 is 1. The van der Waals surface area contributed by atoms with Gasteiger partial charge in [0.15, 0.2) is 0 Å². The molecule has 0 radical (unpaired) electrons. The number of hydrogen-bond donors (Lipinski definition) is 3. The second-order valence-electron chi connectivity index (χ2n) is 5.03. The van der Waals surface area contributed by atoms with Crippen molar-refractivity contribution in [3.8, 4) is 0 Å². The number of nitrogens with zero attached hydrogens (tertiary/aromatic N) is 3. The Morgan fingerprint density at radius 1 is 1.70 bits per heavy atom. The summed E-state index contributed by atoms with van der Waals surface area (Å²) in [5.74, 6) is 0. The van der Waals surface area contributed by atoms with E-state index in [0.29, 0.717) is 25.3 Å². The van der Waals surface area contributed by atoms with Gasteiger partial charge in [-0.05, 0) is 6.42 Å². The molecule has 2 rings (SSSR count). The van der Waals surface area contributed by atoms with Crippen LogP contribution < -0.4 is 11.1 Å². The van der Waals surface area contributed by atoms with Crippen molar-refractivity contribution >= 4 is 11.8 Å². The van der Waals surface area contributed by atoms with Crippen molar-refractivity contribution < 1.29 is 14.6 Å². The zero-order valence-corrected chi connectivity index (χ0v) is 11.5. The molecule has 2 heterocycles. The molecule has 1 saturated heterocycles. The minimum absolute atomic E-state index is 0.0787. The molecule has 8 nitrogen and oxygen atoms in total. The van der Waals surface area contributed by atoms with Crippen LogP contribution in [0.2, 0.25) is 0 Å². The van der Waals surface area contributed by atoms with E-state index in [4.69, 9.17) is 5.73 Å². The summed E-state index contributed by atoms with van der Waals surface area (Å²) in [5.41, 5.74) is 6.15. The maximum atomic E-state index is 11.1. The molecule has 1 aliphatic heterocycles. The van der Waals surface area contributed by atoms with E-state index in [0.717, 1.165) is 13.0 Å². The van der Waals surface area contributed by atoms with Gasteiger partial charge in [-0.25, -0.2) is 4.79 Å². The Hall–Kier alpha value is -1.80. The van der Waals surface area contributed by atoms with Gasteiger partial charge in [0.2, 0.25) is 0 Å². The maximum Gasteiger partial charge on any atom is 0.407 e. The van der Waals surface area contributed by atoms with Gasteiger partial charge in [0.05, 0.1) is 31.6 Å². The van der Waals surface area contributed by atoms with E-state index in [1.807, 2.05) is 0 Å². The van der Waals surface area contributed by atoms with E-state index in [1.165, 1.54) is 7.11 Å². The van der Waals surface area contributed by atoms with Crippen molar-refractivity contribution in [2.24, 2.45) is 0 Å². The van der Waals surface area contributed by atoms with Gasteiger partial charge in [0.25, 0.3) is 0 Å². The Labute approximate surface area is 117 Å². The topological polar surface area (TPSA) is 106 Å². The molecule has 1 aromatic rings. The third kappa shape index (κ3) is 4.10. The van der Waals surface area contributed by atoms with Crippen molar-refractivity contribution in [3.05, 3.63) is 12.4 Å². The van der Waals surface area contributed by atoms with Crippen LogP contribution in [-0.2, 0) is 11.3 Å². The first-order chi connectivity index (χ1) is 9.56. The Bertz CT molecular complexity index is 450. The number of nitrogens with one attached hydrogen (secondary N) is 1. The number of amides is 1. The minimum atomic E-state index is -0.522. The van der Waals surface area contributed by atoms with Crippen molar-refractivity contribution in [1.29, 1.82) is 0 Å². The van der Waals surface area contributed by atoms with Gasteiger partial charge in [-0.3, -0.25) is 9.58 Å². The van der Waals surface area contributed by atoms with E-state index in [9.17, 15) is 9.90 Å². The summed E-state index contributed by atoms with van der Waals surface area (Å²) in [6.45, 7) is 2.50. The number of ether oxygens (including phenoxy) is 1. The van der Waals surface area contributed by atoms with Gasteiger partial charge >= 0.3 is 6.09 Å². The number of aliphatic hydroxyl groups is 1. The fourth-order valence-corrected chi connectivity index (χ4v) is 2.39. The summed E-state index contributed by atoms with van der Waals surface area (Å²) in [6, 6.07) is 0.0787. The number of rotatable bonds is 5. The lowest BCUT2D eigenvalue weighted by Crippen LogP contribution is -2.39. The monoisotopic (exact) mass is 283 g/mol. The number of carbonyl (C=O) groups excluding carboxylic acids is 1. The third-order valence-corrected chi connectivity index (χ3v) is 3.30. The van der Waals surface area contributed by atoms with Crippen LogP contribution in [0.4, 0.5) is 10.5 Å². The van der Waals surface area contributed by atoms with Crippen LogP contribution in [0.15, 0.2) is 12.4 Å². The number of hydrogen-bond acceptors (Lipinski definition) is 6. The molecular weight excluding hydrogens is 262 g/mol. The molecule has 0 spiro atoms. The fraction of sp³-hybridized carbons (Fsp3) is 0.667. The maximum absolute atomic E-state index is 11.1. The molecule has 0 aromatic carbocycles. The second-order valence-corrected chi connectivity index (χ2v) is 5.03. The van der Waals surface area contributed by atoms with Crippen LogP contribution in [0, 0.1) is 0 Å². The molecule has 8 heteroatoms. The number of aromatic nitrogens is 2. The van der Waals surface area contributed by atoms with Crippen LogP contribution in [-0.4, -0.2) is 64.8 Å². The van der Waals surface area contributed by atoms with Crippen LogP contribution in [0.3, 0.4) is 0 Å². The van der Waals surface area contributed by atoms with Crippen molar-refractivity contribution in [2.75, 3.05) is 32.5 Å². The van der Waals surface area contributed by atoms with Crippen LogP contribution in [0.5, 0.6) is 0 Å². The van der Waals surface area contributed by atoms with E-state index < -0.39 is 12.2 Å². The highest BCUT2D eigenvalue weighted by molar-refractivity contribution is 5.67. The average Bonchev–Trinajstić information content (AvgIpc) is 2.99. The van der Waals surface area contributed by atoms with E-state index in [2.05, 4.69) is 20.1 Å². The van der Waals surface area contributed by atoms with Crippen LogP contribution >= 0.6 is 0 Å². The number of alkyl carbamates (subject to hydrolysis) is 1. The lowest BCUT2D eigenvalue weighted by molar-refractivity contribution is 0.104. The number of β-amino-alcohol motifs (C(OH)–C–C–N with tert-alkyl or cyclic N) is 1. The summed E-state index contributed by atoms with van der Waals surface area (Å²) in [7, 11) is 1.35. The zero-order valence-electron chi connectivity index (χ0n) is 11.5. The van der Waals surface area contributed by atoms with Crippen molar-refractivity contribution in [3.63, 3.8) is 0 Å². The smallest absolute Gasteiger partial charge is 0.407 e. The summed E-state index contributed by atoms with van der Waals surface area (Å²) >= 11 is 0. The molecule has 2 unspecified atom stereocenters. The predicted octanol–water partition coefficient (Wildman–Crippen LogP) is -0.743. The lowest BCUT2D eigenvalue weighted by atomic mass is 10.3. The second kappa shape index (κ2) is 6.58. The van der Waals surface area contributed by atoms with E-state index >= 15 is 0 Å². The number of anilines is 1. The zero-order chi connectivity index (χ0) is 14.5. The number of nitrogen functional groups attached to an aromatic ring is 1. The predicted molar refractivity (Wildman–Crippen MR) is 73.0 cm³/mol. The molecular formula is C12H21N5O3. The first-order valence-corrected chi connectivity index (χ1v) is 6.59. The molecule has 2 atom stereocenters. The van der Waals surface area contributed by atoms with Crippen molar-refractivity contribution in [1.82, 2.24) is 20.0 Å². The average molecular weight is 283 g/mol. The molecule has 112 valence electrons. The highest BCUT2D eigenvalue weighted by Gasteiger charge is 2.25. The third-order valence-electron chi connectivity index (χ3n) is 3.30. The van der Waals surface area contributed by atoms with Gasteiger partial charge in [0, 0.05) is 31.9 Å². The largest absolute Gasteiger partial charge is 0.453 e. The Balaban J connectivity index is 1.73. The molecule has 1 aromatic heterocycles. The summed E-state index contributed by atoms with van der Waals surface area (Å²) in [4.78, 5) is 13.2. The summed E-state index contributed by atoms with van der Waals surface area (Å²) in [6.07, 6.45) is 3.17. The molecule has 1 fully saturated rings. The van der Waals surface area contributed by atoms with E-state index in [1.54, 1.807) is 17.1 Å². The van der Waals surface area contributed by atoms with Gasteiger partial charge in [-0.15, -0.1) is 0 Å². The van der Waals surface area contributed by atoms with Gasteiger partial charge in [0.1, 0.15) is 0 Å². The Morgan fingerprint density at radius 2 is 2.50 bits per heavy atom. The minimum Gasteiger partial charge on any atom is -0.453 e. The Kier molecular flexibility index (Phi) is 4.80. The number of aliphatic hydroxyl groups excluding tert-OH is 1. The standard InChI is InChI=1S/C12H21N5O3/c1-20-12(19)15-10-2-3-16(6-10)7-11(18)8-17-5-9(13)4-14-17/h4-5,10-11,18H,2-3,6-8,13H2,1H3,(H,15,19). The number of likely N-dealkylation sites (tertiary alicyclic amines) is 1. The SMILES string of the molecule is COC(=O)NC1CCN(CC(O)Cn2cc(N)cn2)C1. The molecule has 1 aliphatic rings. The summed E-state index contributed by atoms with van der Waals surface area (Å²) in [5, 5.41) is 16.8. The number of nitrogens with two attached hydrogens (primary N) is 1. The lowest BCUT2D eigenvalue weighted by Gasteiger charge is -2.20. The Morgan fingerprint density at radius 3 is 3.15 bits per heavy atom. The normalized spacial score (nSPS) is 20.8. The van der Waals surface area contributed by atoms with Gasteiger partial charge in [-0.2, -0.15) is 5.10 Å². The summed E-state index contributed by atoms with van der Waals surface area (Å²) < 4.78 is 6.19. The molecule has 1 amide bonds. The first-order valence-electron chi connectivity index (χ1n) is 6.59. The molecule has 4 N–H and O–H groups in total. The molecule has 0 bridgehead atoms.